The van der Waals surface area contributed by atoms with Crippen LogP contribution >= 0.6 is 0 Å². The lowest BCUT2D eigenvalue weighted by molar-refractivity contribution is -0.340. The molecule has 2 heterocycles. The van der Waals surface area contributed by atoms with Crippen LogP contribution in [0.3, 0.4) is 0 Å². The van der Waals surface area contributed by atoms with Crippen LogP contribution in [0.15, 0.2) is 29.3 Å². The van der Waals surface area contributed by atoms with E-state index in [1.807, 2.05) is 24.3 Å². The van der Waals surface area contributed by atoms with E-state index in [9.17, 15) is 5.21 Å². The molecule has 0 amide bonds. The standard InChI is InChI=1S/C13H15N3O2/c1-9-15-13(16(9)17)11-4-2-10(3-5-11)12-8-14-6-7-18-12/h2-5,12,14H,6-8H2,1H3/t12-/m1/s1. The summed E-state index contributed by atoms with van der Waals surface area (Å²) in [6.45, 7) is 4.18. The van der Waals surface area contributed by atoms with E-state index in [0.29, 0.717) is 11.7 Å². The van der Waals surface area contributed by atoms with Crippen LogP contribution < -0.4 is 5.32 Å². The monoisotopic (exact) mass is 245 g/mol. The average molecular weight is 245 g/mol. The van der Waals surface area contributed by atoms with Gasteiger partial charge in [0, 0.05) is 20.0 Å². The summed E-state index contributed by atoms with van der Waals surface area (Å²) in [5.41, 5.74) is 1.98. The number of rotatable bonds is 2. The number of hydrogen-bond donors (Lipinski definition) is 1. The lowest BCUT2D eigenvalue weighted by atomic mass is 10.1. The van der Waals surface area contributed by atoms with Crippen molar-refractivity contribution in [1.82, 2.24) is 5.32 Å². The van der Waals surface area contributed by atoms with Gasteiger partial charge in [-0.2, -0.15) is 0 Å². The fourth-order valence-electron chi connectivity index (χ4n) is 2.16. The second-order valence-corrected chi connectivity index (χ2v) is 4.46. The Morgan fingerprint density at radius 3 is 2.72 bits per heavy atom. The van der Waals surface area contributed by atoms with E-state index in [1.165, 1.54) is 0 Å². The van der Waals surface area contributed by atoms with Gasteiger partial charge >= 0.3 is 0 Å². The molecule has 5 nitrogen and oxygen atoms in total. The molecule has 0 unspecified atom stereocenters. The van der Waals surface area contributed by atoms with Gasteiger partial charge < -0.3 is 15.3 Å². The minimum Gasteiger partial charge on any atom is -0.740 e. The molecule has 1 aromatic carbocycles. The van der Waals surface area contributed by atoms with E-state index in [0.717, 1.165) is 35.6 Å². The van der Waals surface area contributed by atoms with Crippen molar-refractivity contribution < 1.29 is 9.48 Å². The zero-order valence-electron chi connectivity index (χ0n) is 10.2. The number of amidine groups is 2. The predicted octanol–water partition coefficient (Wildman–Crippen LogP) is 1.04. The zero-order valence-corrected chi connectivity index (χ0v) is 10.2. The molecule has 1 saturated heterocycles. The first kappa shape index (κ1) is 11.4. The van der Waals surface area contributed by atoms with Crippen molar-refractivity contribution in [3.05, 3.63) is 40.6 Å². The Hall–Kier alpha value is -1.72. The largest absolute Gasteiger partial charge is 0.740 e. The van der Waals surface area contributed by atoms with Crippen molar-refractivity contribution in [2.75, 3.05) is 19.7 Å². The topological polar surface area (TPSA) is 59.7 Å². The van der Waals surface area contributed by atoms with Gasteiger partial charge in [-0.25, -0.2) is 4.74 Å². The minimum atomic E-state index is 0.104. The second kappa shape index (κ2) is 4.51. The highest BCUT2D eigenvalue weighted by Gasteiger charge is 2.22. The Morgan fingerprint density at radius 2 is 2.17 bits per heavy atom. The van der Waals surface area contributed by atoms with Crippen LogP contribution in [0.5, 0.6) is 0 Å². The van der Waals surface area contributed by atoms with Gasteiger partial charge in [0.25, 0.3) is 5.84 Å². The summed E-state index contributed by atoms with van der Waals surface area (Å²) in [7, 11) is 0. The summed E-state index contributed by atoms with van der Waals surface area (Å²) < 4.78 is 6.53. The molecule has 0 saturated carbocycles. The van der Waals surface area contributed by atoms with Gasteiger partial charge in [-0.1, -0.05) is 17.1 Å². The van der Waals surface area contributed by atoms with Crippen molar-refractivity contribution in [3.63, 3.8) is 0 Å². The molecular weight excluding hydrogens is 230 g/mol. The second-order valence-electron chi connectivity index (χ2n) is 4.46. The fraction of sp³-hybridized carbons (Fsp3) is 0.385. The molecule has 0 radical (unpaired) electrons. The van der Waals surface area contributed by atoms with Crippen LogP contribution in [0.4, 0.5) is 0 Å². The third kappa shape index (κ3) is 1.91. The molecule has 18 heavy (non-hydrogen) atoms. The van der Waals surface area contributed by atoms with Gasteiger partial charge in [0.15, 0.2) is 0 Å². The molecule has 0 aromatic heterocycles. The van der Waals surface area contributed by atoms with Gasteiger partial charge in [0.05, 0.1) is 18.3 Å². The number of aliphatic imine (C=N–C) groups is 1. The molecule has 0 aliphatic carbocycles. The summed E-state index contributed by atoms with van der Waals surface area (Å²) in [6, 6.07) is 7.83. The fourth-order valence-corrected chi connectivity index (χ4v) is 2.16. The lowest BCUT2D eigenvalue weighted by Crippen LogP contribution is -2.33. The van der Waals surface area contributed by atoms with E-state index >= 15 is 0 Å². The molecule has 2 aliphatic heterocycles. The summed E-state index contributed by atoms with van der Waals surface area (Å²) in [6.07, 6.45) is 0.104. The van der Waals surface area contributed by atoms with Crippen LogP contribution in [0.1, 0.15) is 24.2 Å². The van der Waals surface area contributed by atoms with Crippen LogP contribution in [0.2, 0.25) is 0 Å². The third-order valence-electron chi connectivity index (χ3n) is 3.22. The van der Waals surface area contributed by atoms with E-state index in [1.54, 1.807) is 6.92 Å². The van der Waals surface area contributed by atoms with Gasteiger partial charge in [-0.05, 0) is 17.7 Å². The molecule has 1 atom stereocenters. The van der Waals surface area contributed by atoms with Gasteiger partial charge in [-0.3, -0.25) is 0 Å². The van der Waals surface area contributed by atoms with Crippen LogP contribution in [-0.2, 0) is 4.74 Å². The summed E-state index contributed by atoms with van der Waals surface area (Å²) in [5, 5.41) is 14.8. The van der Waals surface area contributed by atoms with Crippen molar-refractivity contribution >= 4 is 11.7 Å². The number of ether oxygens (including phenoxy) is 1. The third-order valence-corrected chi connectivity index (χ3v) is 3.22. The lowest BCUT2D eigenvalue weighted by Gasteiger charge is -2.24. The van der Waals surface area contributed by atoms with Crippen molar-refractivity contribution in [1.29, 1.82) is 0 Å². The highest BCUT2D eigenvalue weighted by Crippen LogP contribution is 2.20. The highest BCUT2D eigenvalue weighted by molar-refractivity contribution is 6.09. The van der Waals surface area contributed by atoms with Crippen molar-refractivity contribution in [2.45, 2.75) is 13.0 Å². The number of morpholine rings is 1. The van der Waals surface area contributed by atoms with Crippen molar-refractivity contribution in [3.8, 4) is 0 Å². The summed E-state index contributed by atoms with van der Waals surface area (Å²) in [5.74, 6) is 0.996. The maximum atomic E-state index is 11.5. The molecule has 1 fully saturated rings. The number of hydroxylamine groups is 1. The summed E-state index contributed by atoms with van der Waals surface area (Å²) >= 11 is 0. The molecule has 1 aromatic rings. The number of nitrogens with zero attached hydrogens (tertiary/aromatic N) is 2. The number of benzene rings is 1. The van der Waals surface area contributed by atoms with E-state index in [-0.39, 0.29) is 6.10 Å². The molecule has 2 aliphatic rings. The highest BCUT2D eigenvalue weighted by atomic mass is 16.5. The maximum Gasteiger partial charge on any atom is 0.274 e. The molecular formula is C13H15N3O2. The SMILES string of the molecule is CC1=NC(c2ccc([C@H]3CNCCO3)cc2)=[N+]1[O-]. The number of hydrogen-bond acceptors (Lipinski definition) is 4. The first-order valence-corrected chi connectivity index (χ1v) is 6.08. The van der Waals surface area contributed by atoms with Crippen LogP contribution in [-0.4, -0.2) is 36.1 Å². The Labute approximate surface area is 105 Å². The molecule has 94 valence electrons. The predicted molar refractivity (Wildman–Crippen MR) is 68.9 cm³/mol. The van der Waals surface area contributed by atoms with Gasteiger partial charge in [0.1, 0.15) is 0 Å². The first-order chi connectivity index (χ1) is 8.75. The van der Waals surface area contributed by atoms with E-state index < -0.39 is 0 Å². The molecule has 1 N–H and O–H groups in total. The molecule has 0 spiro atoms. The van der Waals surface area contributed by atoms with Crippen LogP contribution in [0, 0.1) is 5.21 Å². The smallest absolute Gasteiger partial charge is 0.274 e. The molecule has 5 heteroatoms. The Balaban J connectivity index is 1.77. The van der Waals surface area contributed by atoms with Crippen molar-refractivity contribution in [2.24, 2.45) is 4.99 Å². The number of nitrogens with one attached hydrogen (secondary N) is 1. The van der Waals surface area contributed by atoms with Gasteiger partial charge in [-0.15, -0.1) is 0 Å². The maximum absolute atomic E-state index is 11.5. The quantitative estimate of drug-likeness (QED) is 0.625. The zero-order chi connectivity index (χ0) is 12.5. The normalized spacial score (nSPS) is 23.6. The van der Waals surface area contributed by atoms with Gasteiger partial charge in [0.2, 0.25) is 5.84 Å². The Bertz CT molecular complexity index is 514. The summed E-state index contributed by atoms with van der Waals surface area (Å²) in [4.78, 5) is 4.12. The minimum absolute atomic E-state index is 0.104. The average Bonchev–Trinajstić information content (AvgIpc) is 2.45. The van der Waals surface area contributed by atoms with E-state index in [2.05, 4.69) is 10.3 Å². The Morgan fingerprint density at radius 1 is 1.39 bits per heavy atom. The molecule has 3 rings (SSSR count). The van der Waals surface area contributed by atoms with E-state index in [4.69, 9.17) is 4.74 Å². The Kier molecular flexibility index (Phi) is 2.85. The molecule has 0 bridgehead atoms. The first-order valence-electron chi connectivity index (χ1n) is 6.08. The van der Waals surface area contributed by atoms with Crippen LogP contribution in [0.25, 0.3) is 0 Å².